The summed E-state index contributed by atoms with van der Waals surface area (Å²) >= 11 is 0. The van der Waals surface area contributed by atoms with Gasteiger partial charge in [-0.3, -0.25) is 4.79 Å². The average Bonchev–Trinajstić information content (AvgIpc) is 2.06. The van der Waals surface area contributed by atoms with Crippen LogP contribution >= 0.6 is 0 Å². The van der Waals surface area contributed by atoms with Gasteiger partial charge < -0.3 is 15.7 Å². The fraction of sp³-hybridized carbons (Fsp3) is 0.909. The number of hydrogen-bond acceptors (Lipinski definition) is 2. The molecule has 0 amide bonds. The summed E-state index contributed by atoms with van der Waals surface area (Å²) in [4.78, 5) is 9.82. The fourth-order valence-corrected chi connectivity index (χ4v) is 0.880. The van der Waals surface area contributed by atoms with E-state index in [1.54, 1.807) is 6.92 Å². The minimum atomic E-state index is -0.211. The van der Waals surface area contributed by atoms with E-state index < -0.39 is 0 Å². The fourth-order valence-electron chi connectivity index (χ4n) is 0.880. The van der Waals surface area contributed by atoms with Crippen molar-refractivity contribution in [3.05, 3.63) is 0 Å². The maximum absolute atomic E-state index is 9.82. The number of esters is 1. The third-order valence-corrected chi connectivity index (χ3v) is 1.55. The van der Waals surface area contributed by atoms with Gasteiger partial charge in [0.05, 0.1) is 6.61 Å². The van der Waals surface area contributed by atoms with Gasteiger partial charge in [-0.15, -0.1) is 0 Å². The van der Waals surface area contributed by atoms with Gasteiger partial charge in [-0.25, -0.2) is 0 Å². The molecule has 0 aliphatic rings. The van der Waals surface area contributed by atoms with Crippen LogP contribution in [0.3, 0.4) is 0 Å². The van der Waals surface area contributed by atoms with Crippen LogP contribution in [0.4, 0.5) is 0 Å². The van der Waals surface area contributed by atoms with Gasteiger partial charge in [0.1, 0.15) is 0 Å². The molecule has 4 nitrogen and oxygen atoms in total. The normalized spacial score (nSPS) is 7.00. The molecule has 0 aliphatic carbocycles. The van der Waals surface area contributed by atoms with E-state index >= 15 is 0 Å². The SMILES string of the molecule is CCCCCCC.CCOC(C)=O.[O-2].[O-2].[Ti+4]. The maximum Gasteiger partial charge on any atom is 4.00 e. The quantitative estimate of drug-likeness (QED) is 0.435. The van der Waals surface area contributed by atoms with E-state index in [1.165, 1.54) is 39.0 Å². The summed E-state index contributed by atoms with van der Waals surface area (Å²) in [5.41, 5.74) is 0. The number of carbonyl (C=O) groups is 1. The van der Waals surface area contributed by atoms with Crippen molar-refractivity contribution in [2.45, 2.75) is 59.8 Å². The Morgan fingerprint density at radius 3 is 1.44 bits per heavy atom. The molecule has 0 saturated carbocycles. The van der Waals surface area contributed by atoms with Crippen LogP contribution in [0.2, 0.25) is 0 Å². The summed E-state index contributed by atoms with van der Waals surface area (Å²) in [6, 6.07) is 0. The minimum absolute atomic E-state index is 0. The summed E-state index contributed by atoms with van der Waals surface area (Å²) in [6.45, 7) is 8.14. The molecule has 96 valence electrons. The van der Waals surface area contributed by atoms with Crippen LogP contribution in [0.1, 0.15) is 59.8 Å². The van der Waals surface area contributed by atoms with Crippen LogP contribution < -0.4 is 0 Å². The monoisotopic (exact) mass is 268 g/mol. The molecule has 0 bridgehead atoms. The Labute approximate surface area is 115 Å². The van der Waals surface area contributed by atoms with Gasteiger partial charge in [0.2, 0.25) is 0 Å². The third kappa shape index (κ3) is 48.0. The third-order valence-electron chi connectivity index (χ3n) is 1.55. The largest absolute Gasteiger partial charge is 4.00 e. The zero-order chi connectivity index (χ0) is 10.5. The summed E-state index contributed by atoms with van der Waals surface area (Å²) < 4.78 is 4.40. The van der Waals surface area contributed by atoms with E-state index in [9.17, 15) is 4.79 Å². The number of hydrogen-bond donors (Lipinski definition) is 0. The van der Waals surface area contributed by atoms with Crippen LogP contribution in [-0.2, 0) is 42.2 Å². The summed E-state index contributed by atoms with van der Waals surface area (Å²) in [6.07, 6.45) is 7.01. The minimum Gasteiger partial charge on any atom is -2.00 e. The molecule has 0 fully saturated rings. The van der Waals surface area contributed by atoms with Crippen LogP contribution in [0, 0.1) is 0 Å². The molecule has 0 rings (SSSR count). The maximum atomic E-state index is 9.82. The number of ether oxygens (including phenoxy) is 1. The first-order chi connectivity index (χ1) is 6.18. The van der Waals surface area contributed by atoms with Gasteiger partial charge in [0.15, 0.2) is 0 Å². The second-order valence-corrected chi connectivity index (χ2v) is 2.99. The molecule has 0 unspecified atom stereocenters. The van der Waals surface area contributed by atoms with Crippen LogP contribution in [0.5, 0.6) is 0 Å². The van der Waals surface area contributed by atoms with E-state index in [0.717, 1.165) is 0 Å². The molecule has 0 aromatic heterocycles. The van der Waals surface area contributed by atoms with Crippen molar-refractivity contribution in [3.8, 4) is 0 Å². The first-order valence-corrected chi connectivity index (χ1v) is 5.32. The topological polar surface area (TPSA) is 83.3 Å². The molecular formula is C11H24O4Ti. The summed E-state index contributed by atoms with van der Waals surface area (Å²) in [5, 5.41) is 0. The Kier molecular flexibility index (Phi) is 54.8. The van der Waals surface area contributed by atoms with Crippen molar-refractivity contribution in [1.29, 1.82) is 0 Å². The second-order valence-electron chi connectivity index (χ2n) is 2.99. The first-order valence-electron chi connectivity index (χ1n) is 5.32. The van der Waals surface area contributed by atoms with Gasteiger partial charge in [0.25, 0.3) is 0 Å². The molecule has 0 aromatic rings. The number of rotatable bonds is 5. The molecule has 0 aromatic carbocycles. The van der Waals surface area contributed by atoms with Gasteiger partial charge in [-0.05, 0) is 6.92 Å². The van der Waals surface area contributed by atoms with Crippen molar-refractivity contribution in [1.82, 2.24) is 0 Å². The molecule has 0 spiro atoms. The Morgan fingerprint density at radius 1 is 0.938 bits per heavy atom. The molecule has 0 aliphatic heterocycles. The van der Waals surface area contributed by atoms with Crippen molar-refractivity contribution >= 4 is 5.97 Å². The summed E-state index contributed by atoms with van der Waals surface area (Å²) in [7, 11) is 0. The molecule has 0 radical (unpaired) electrons. The molecular weight excluding hydrogens is 244 g/mol. The predicted molar refractivity (Wildman–Crippen MR) is 58.1 cm³/mol. The first kappa shape index (κ1) is 29.8. The Bertz CT molecular complexity index is 106. The second kappa shape index (κ2) is 29.4. The van der Waals surface area contributed by atoms with Gasteiger partial charge in [-0.1, -0.05) is 46.0 Å². The zero-order valence-electron chi connectivity index (χ0n) is 10.9. The van der Waals surface area contributed by atoms with E-state index in [1.807, 2.05) is 0 Å². The van der Waals surface area contributed by atoms with Crippen molar-refractivity contribution in [2.75, 3.05) is 6.61 Å². The van der Waals surface area contributed by atoms with Crippen LogP contribution in [-0.4, -0.2) is 12.6 Å². The standard InChI is InChI=1S/C7H16.C4H8O2.2O.Ti/c1-3-5-7-6-4-2;1-3-6-4(2)5;;;/h3-7H2,1-2H3;3H2,1-2H3;;;/q;;2*-2;+4. The predicted octanol–water partition coefficient (Wildman–Crippen LogP) is 3.31. The van der Waals surface area contributed by atoms with Crippen molar-refractivity contribution in [2.24, 2.45) is 0 Å². The molecule has 0 N–H and O–H groups in total. The van der Waals surface area contributed by atoms with Gasteiger partial charge in [-0.2, -0.15) is 0 Å². The Balaban J connectivity index is -0.0000000428. The van der Waals surface area contributed by atoms with Gasteiger partial charge >= 0.3 is 27.7 Å². The van der Waals surface area contributed by atoms with Crippen molar-refractivity contribution in [3.63, 3.8) is 0 Å². The van der Waals surface area contributed by atoms with E-state index in [0.29, 0.717) is 6.61 Å². The summed E-state index contributed by atoms with van der Waals surface area (Å²) in [5.74, 6) is -0.211. The molecule has 0 atom stereocenters. The van der Waals surface area contributed by atoms with E-state index in [2.05, 4.69) is 18.6 Å². The van der Waals surface area contributed by atoms with Crippen molar-refractivity contribution < 1.29 is 42.2 Å². The molecule has 16 heavy (non-hydrogen) atoms. The van der Waals surface area contributed by atoms with Crippen LogP contribution in [0.15, 0.2) is 0 Å². The molecule has 5 heteroatoms. The van der Waals surface area contributed by atoms with E-state index in [4.69, 9.17) is 0 Å². The average molecular weight is 268 g/mol. The number of unbranched alkanes of at least 4 members (excludes halogenated alkanes) is 4. The molecule has 0 heterocycles. The van der Waals surface area contributed by atoms with Gasteiger partial charge in [0, 0.05) is 6.92 Å². The Morgan fingerprint density at radius 2 is 1.31 bits per heavy atom. The smallest absolute Gasteiger partial charge is 2.00 e. The zero-order valence-corrected chi connectivity index (χ0v) is 12.4. The van der Waals surface area contributed by atoms with E-state index in [-0.39, 0.29) is 38.6 Å². The Hall–Kier alpha value is 0.104. The number of carbonyl (C=O) groups excluding carboxylic acids is 1. The molecule has 0 saturated heterocycles. The van der Waals surface area contributed by atoms with Crippen LogP contribution in [0.25, 0.3) is 0 Å².